The third kappa shape index (κ3) is 7.99. The van der Waals surface area contributed by atoms with Crippen LogP contribution >= 0.6 is 0 Å². The number of nitrogens with zero attached hydrogens (tertiary/aromatic N) is 1. The second kappa shape index (κ2) is 11.7. The highest BCUT2D eigenvalue weighted by Gasteiger charge is 2.32. The van der Waals surface area contributed by atoms with Gasteiger partial charge in [-0.2, -0.15) is 0 Å². The lowest BCUT2D eigenvalue weighted by molar-refractivity contribution is -0.143. The molecule has 0 aromatic heterocycles. The van der Waals surface area contributed by atoms with Crippen molar-refractivity contribution in [1.82, 2.24) is 10.2 Å². The van der Waals surface area contributed by atoms with Gasteiger partial charge in [-0.1, -0.05) is 72.8 Å². The average molecular weight is 473 g/mol. The smallest absolute Gasteiger partial charge is 0.261 e. The van der Waals surface area contributed by atoms with Gasteiger partial charge in [-0.3, -0.25) is 9.59 Å². The molecule has 0 fully saturated rings. The molecule has 0 bridgehead atoms. The third-order valence-electron chi connectivity index (χ3n) is 5.66. The molecule has 2 amide bonds. The number of aryl methyl sites for hydroxylation is 2. The van der Waals surface area contributed by atoms with E-state index in [0.717, 1.165) is 22.3 Å². The van der Waals surface area contributed by atoms with Crippen LogP contribution < -0.4 is 10.1 Å². The molecule has 0 unspecified atom stereocenters. The fourth-order valence-electron chi connectivity index (χ4n) is 3.87. The number of hydrogen-bond acceptors (Lipinski definition) is 3. The minimum atomic E-state index is -0.688. The van der Waals surface area contributed by atoms with Crippen LogP contribution in [0.25, 0.3) is 0 Å². The van der Waals surface area contributed by atoms with Gasteiger partial charge in [0.15, 0.2) is 6.61 Å². The highest BCUT2D eigenvalue weighted by molar-refractivity contribution is 5.89. The monoisotopic (exact) mass is 472 g/mol. The van der Waals surface area contributed by atoms with E-state index in [1.807, 2.05) is 113 Å². The average Bonchev–Trinajstić information content (AvgIpc) is 2.82. The number of nitrogens with one attached hydrogen (secondary N) is 1. The van der Waals surface area contributed by atoms with Crippen LogP contribution in [0.2, 0.25) is 0 Å². The van der Waals surface area contributed by atoms with Crippen molar-refractivity contribution in [2.24, 2.45) is 0 Å². The van der Waals surface area contributed by atoms with Crippen LogP contribution in [0, 0.1) is 13.8 Å². The zero-order valence-corrected chi connectivity index (χ0v) is 21.4. The molecular formula is C30H36N2O3. The lowest BCUT2D eigenvalue weighted by Gasteiger charge is -2.33. The highest BCUT2D eigenvalue weighted by atomic mass is 16.5. The highest BCUT2D eigenvalue weighted by Crippen LogP contribution is 2.20. The van der Waals surface area contributed by atoms with Gasteiger partial charge in [-0.15, -0.1) is 0 Å². The Balaban J connectivity index is 1.92. The van der Waals surface area contributed by atoms with Crippen molar-refractivity contribution in [3.8, 4) is 5.75 Å². The molecule has 0 spiro atoms. The van der Waals surface area contributed by atoms with E-state index in [-0.39, 0.29) is 18.4 Å². The second-order valence-electron chi connectivity index (χ2n) is 10.0. The molecule has 0 radical (unpaired) electrons. The number of hydrogen-bond donors (Lipinski definition) is 1. The SMILES string of the molecule is Cc1ccc(C)c(OCC(=O)N(Cc2ccccc2)[C@@H](Cc2ccccc2)C(=O)NC(C)(C)C)c1. The maximum absolute atomic E-state index is 13.6. The summed E-state index contributed by atoms with van der Waals surface area (Å²) in [6.45, 7) is 9.93. The van der Waals surface area contributed by atoms with E-state index in [9.17, 15) is 9.59 Å². The van der Waals surface area contributed by atoms with E-state index >= 15 is 0 Å². The summed E-state index contributed by atoms with van der Waals surface area (Å²) < 4.78 is 5.96. The van der Waals surface area contributed by atoms with E-state index in [1.54, 1.807) is 4.90 Å². The Labute approximate surface area is 209 Å². The summed E-state index contributed by atoms with van der Waals surface area (Å²) in [6, 6.07) is 24.8. The van der Waals surface area contributed by atoms with Gasteiger partial charge in [0.25, 0.3) is 5.91 Å². The molecule has 0 aliphatic rings. The van der Waals surface area contributed by atoms with Crippen molar-refractivity contribution in [2.45, 2.75) is 59.2 Å². The Bertz CT molecular complexity index is 1120. The largest absolute Gasteiger partial charge is 0.483 e. The number of rotatable bonds is 9. The summed E-state index contributed by atoms with van der Waals surface area (Å²) in [6.07, 6.45) is 0.408. The second-order valence-corrected chi connectivity index (χ2v) is 10.0. The molecule has 1 atom stereocenters. The molecule has 184 valence electrons. The molecule has 3 aromatic carbocycles. The molecule has 5 heteroatoms. The fraction of sp³-hybridized carbons (Fsp3) is 0.333. The Morgan fingerprint density at radius 1 is 0.886 bits per heavy atom. The topological polar surface area (TPSA) is 58.6 Å². The lowest BCUT2D eigenvalue weighted by atomic mass is 10.0. The quantitative estimate of drug-likeness (QED) is 0.464. The van der Waals surface area contributed by atoms with Crippen LogP contribution in [0.3, 0.4) is 0 Å². The summed E-state index contributed by atoms with van der Waals surface area (Å²) in [7, 11) is 0. The normalized spacial score (nSPS) is 12.0. The Morgan fingerprint density at radius 2 is 1.49 bits per heavy atom. The molecule has 0 saturated heterocycles. The molecule has 0 heterocycles. The van der Waals surface area contributed by atoms with Crippen LogP contribution in [-0.4, -0.2) is 34.9 Å². The number of carbonyl (C=O) groups excluding carboxylic acids is 2. The van der Waals surface area contributed by atoms with Crippen molar-refractivity contribution >= 4 is 11.8 Å². The first-order chi connectivity index (χ1) is 16.6. The number of carbonyl (C=O) groups is 2. The molecule has 0 aliphatic heterocycles. The Kier molecular flexibility index (Phi) is 8.69. The molecule has 1 N–H and O–H groups in total. The third-order valence-corrected chi connectivity index (χ3v) is 5.66. The van der Waals surface area contributed by atoms with Crippen molar-refractivity contribution < 1.29 is 14.3 Å². The summed E-state index contributed by atoms with van der Waals surface area (Å²) in [4.78, 5) is 28.8. The predicted molar refractivity (Wildman–Crippen MR) is 140 cm³/mol. The molecule has 0 aliphatic carbocycles. The minimum Gasteiger partial charge on any atom is -0.483 e. The van der Waals surface area contributed by atoms with Gasteiger partial charge in [0.05, 0.1) is 0 Å². The van der Waals surface area contributed by atoms with E-state index < -0.39 is 11.6 Å². The maximum atomic E-state index is 13.6. The summed E-state index contributed by atoms with van der Waals surface area (Å²) in [5.74, 6) is 0.258. The van der Waals surface area contributed by atoms with Crippen LogP contribution in [0.1, 0.15) is 43.0 Å². The predicted octanol–water partition coefficient (Wildman–Crippen LogP) is 5.24. The summed E-state index contributed by atoms with van der Waals surface area (Å²) in [5, 5.41) is 3.08. The van der Waals surface area contributed by atoms with Gasteiger partial charge in [0.2, 0.25) is 5.91 Å². The Morgan fingerprint density at radius 3 is 2.09 bits per heavy atom. The van der Waals surface area contributed by atoms with E-state index in [0.29, 0.717) is 18.7 Å². The van der Waals surface area contributed by atoms with Crippen molar-refractivity contribution in [2.75, 3.05) is 6.61 Å². The van der Waals surface area contributed by atoms with Gasteiger partial charge < -0.3 is 15.0 Å². The van der Waals surface area contributed by atoms with Crippen molar-refractivity contribution in [3.05, 3.63) is 101 Å². The zero-order chi connectivity index (χ0) is 25.4. The number of amides is 2. The van der Waals surface area contributed by atoms with Crippen LogP contribution in [0.4, 0.5) is 0 Å². The summed E-state index contributed by atoms with van der Waals surface area (Å²) in [5.41, 5.74) is 3.54. The first-order valence-corrected chi connectivity index (χ1v) is 12.0. The minimum absolute atomic E-state index is 0.148. The zero-order valence-electron chi connectivity index (χ0n) is 21.4. The first kappa shape index (κ1) is 26.0. The first-order valence-electron chi connectivity index (χ1n) is 12.0. The van der Waals surface area contributed by atoms with E-state index in [1.165, 1.54) is 0 Å². The standard InChI is InChI=1S/C30H36N2O3/c1-22-16-17-23(2)27(18-22)35-21-28(33)32(20-25-14-10-7-11-15-25)26(29(34)31-30(3,4)5)19-24-12-8-6-9-13-24/h6-18,26H,19-21H2,1-5H3,(H,31,34)/t26-/m0/s1. The number of benzene rings is 3. The van der Waals surface area contributed by atoms with Crippen LogP contribution in [0.5, 0.6) is 5.75 Å². The summed E-state index contributed by atoms with van der Waals surface area (Å²) >= 11 is 0. The van der Waals surface area contributed by atoms with Gasteiger partial charge in [0, 0.05) is 18.5 Å². The lowest BCUT2D eigenvalue weighted by Crippen LogP contribution is -2.55. The van der Waals surface area contributed by atoms with Gasteiger partial charge in [0.1, 0.15) is 11.8 Å². The van der Waals surface area contributed by atoms with Crippen LogP contribution in [0.15, 0.2) is 78.9 Å². The Hall–Kier alpha value is -3.60. The fourth-order valence-corrected chi connectivity index (χ4v) is 3.87. The van der Waals surface area contributed by atoms with E-state index in [2.05, 4.69) is 5.32 Å². The van der Waals surface area contributed by atoms with Gasteiger partial charge in [-0.25, -0.2) is 0 Å². The van der Waals surface area contributed by atoms with E-state index in [4.69, 9.17) is 4.74 Å². The molecule has 0 saturated carbocycles. The molecular weight excluding hydrogens is 436 g/mol. The van der Waals surface area contributed by atoms with Crippen LogP contribution in [-0.2, 0) is 22.6 Å². The molecule has 5 nitrogen and oxygen atoms in total. The molecule has 3 rings (SSSR count). The molecule has 3 aromatic rings. The van der Waals surface area contributed by atoms with Gasteiger partial charge in [-0.05, 0) is 62.9 Å². The molecule has 35 heavy (non-hydrogen) atoms. The van der Waals surface area contributed by atoms with Gasteiger partial charge >= 0.3 is 0 Å². The van der Waals surface area contributed by atoms with Crippen molar-refractivity contribution in [1.29, 1.82) is 0 Å². The van der Waals surface area contributed by atoms with Crippen molar-refractivity contribution in [3.63, 3.8) is 0 Å². The maximum Gasteiger partial charge on any atom is 0.261 e. The number of ether oxygens (including phenoxy) is 1.